The molecule has 0 spiro atoms. The van der Waals surface area contributed by atoms with Crippen LogP contribution >= 0.6 is 0 Å². The lowest BCUT2D eigenvalue weighted by Crippen LogP contribution is -2.55. The van der Waals surface area contributed by atoms with Crippen molar-refractivity contribution in [1.29, 1.82) is 0 Å². The first kappa shape index (κ1) is 35.4. The fraction of sp³-hybridized carbons (Fsp3) is 0.543. The Labute approximate surface area is 267 Å². The van der Waals surface area contributed by atoms with Crippen molar-refractivity contribution in [3.8, 4) is 11.5 Å². The number of nitrogens with zero attached hydrogens (tertiary/aromatic N) is 1. The van der Waals surface area contributed by atoms with Crippen molar-refractivity contribution >= 4 is 23.6 Å². The summed E-state index contributed by atoms with van der Waals surface area (Å²) in [5, 5.41) is 8.34. The van der Waals surface area contributed by atoms with E-state index in [2.05, 4.69) is 43.6 Å². The number of likely N-dealkylation sites (N-methyl/N-ethyl adjacent to an activating group) is 1. The van der Waals surface area contributed by atoms with Gasteiger partial charge in [-0.2, -0.15) is 0 Å². The number of carbonyl (C=O) groups excluding carboxylic acids is 4. The van der Waals surface area contributed by atoms with Crippen LogP contribution in [-0.2, 0) is 14.4 Å². The lowest BCUT2D eigenvalue weighted by atomic mass is 9.99. The molecule has 0 saturated heterocycles. The molecule has 10 nitrogen and oxygen atoms in total. The van der Waals surface area contributed by atoms with E-state index in [0.717, 1.165) is 0 Å². The van der Waals surface area contributed by atoms with Gasteiger partial charge in [0.1, 0.15) is 36.8 Å². The predicted octanol–water partition coefficient (Wildman–Crippen LogP) is 4.29. The fourth-order valence-electron chi connectivity index (χ4n) is 5.27. The van der Waals surface area contributed by atoms with Crippen LogP contribution in [0.5, 0.6) is 11.5 Å². The van der Waals surface area contributed by atoms with E-state index in [4.69, 9.17) is 9.47 Å². The molecule has 2 aromatic carbocycles. The highest BCUT2D eigenvalue weighted by molar-refractivity contribution is 6.01. The number of ether oxygens (including phenoxy) is 2. The fourth-order valence-corrected chi connectivity index (χ4v) is 5.27. The summed E-state index contributed by atoms with van der Waals surface area (Å²) in [6, 6.07) is 12.3. The molecular weight excluding hydrogens is 572 g/mol. The monoisotopic (exact) mass is 622 g/mol. The van der Waals surface area contributed by atoms with Crippen molar-refractivity contribution in [3.05, 3.63) is 59.7 Å². The molecule has 45 heavy (non-hydrogen) atoms. The number of hydrogen-bond acceptors (Lipinski definition) is 6. The summed E-state index contributed by atoms with van der Waals surface area (Å²) in [7, 11) is 1.72. The number of fused-ring (bicyclic) bond motifs is 1. The number of para-hydroxylation sites is 1. The Kier molecular flexibility index (Phi) is 13.2. The van der Waals surface area contributed by atoms with Crippen LogP contribution in [0.25, 0.3) is 0 Å². The van der Waals surface area contributed by atoms with Gasteiger partial charge in [-0.1, -0.05) is 65.8 Å². The summed E-state index contributed by atoms with van der Waals surface area (Å²) in [5.74, 6) is 0.0118. The third-order valence-electron chi connectivity index (χ3n) is 7.77. The van der Waals surface area contributed by atoms with E-state index in [1.54, 1.807) is 36.2 Å². The quantitative estimate of drug-likeness (QED) is 0.340. The Bertz CT molecular complexity index is 1290. The smallest absolute Gasteiger partial charge is 0.255 e. The topological polar surface area (TPSA) is 126 Å². The van der Waals surface area contributed by atoms with Crippen LogP contribution in [0.2, 0.25) is 0 Å². The van der Waals surface area contributed by atoms with Gasteiger partial charge in [0.15, 0.2) is 0 Å². The van der Waals surface area contributed by atoms with Crippen LogP contribution in [-0.4, -0.2) is 73.5 Å². The first-order valence-electron chi connectivity index (χ1n) is 15.9. The third kappa shape index (κ3) is 10.8. The van der Waals surface area contributed by atoms with E-state index in [1.165, 1.54) is 5.56 Å². The van der Waals surface area contributed by atoms with Crippen molar-refractivity contribution in [3.63, 3.8) is 0 Å². The standard InChI is InChI=1S/C35H50N4O6/c1-22(2)18-26-21-45-31-11-9-8-10-28(31)33(41)38-29(20-32(40)37-30(19-23(3)4)35(43)39(26)7)34(42)36-16-17-44-27-14-12-25(13-15-27)24(5)6/h8-15,22-24,26,29-30H,16-21H2,1-7H3,(H,36,42)(H,37,40)(H,38,41)/t26-,29+,30-/m1/s1. The van der Waals surface area contributed by atoms with Gasteiger partial charge in [-0.15, -0.1) is 0 Å². The number of benzene rings is 2. The highest BCUT2D eigenvalue weighted by Gasteiger charge is 2.33. The SMILES string of the molecule is CC(C)C[C@@H]1COc2ccccc2C(=O)N[C@H](C(=O)NCCOc2ccc(C(C)C)cc2)CC(=O)N[C@H](CC(C)C)C(=O)N1C. The van der Waals surface area contributed by atoms with Gasteiger partial charge in [0.25, 0.3) is 5.91 Å². The first-order valence-corrected chi connectivity index (χ1v) is 15.9. The minimum absolute atomic E-state index is 0.124. The van der Waals surface area contributed by atoms with Gasteiger partial charge < -0.3 is 30.3 Å². The lowest BCUT2D eigenvalue weighted by molar-refractivity contribution is -0.138. The third-order valence-corrected chi connectivity index (χ3v) is 7.77. The summed E-state index contributed by atoms with van der Waals surface area (Å²) in [6.45, 7) is 12.9. The summed E-state index contributed by atoms with van der Waals surface area (Å²) in [6.07, 6.45) is 0.749. The largest absolute Gasteiger partial charge is 0.492 e. The predicted molar refractivity (Wildman–Crippen MR) is 174 cm³/mol. The Morgan fingerprint density at radius 3 is 2.27 bits per heavy atom. The molecule has 0 unspecified atom stereocenters. The maximum atomic E-state index is 13.7. The maximum absolute atomic E-state index is 13.7. The molecule has 0 fully saturated rings. The number of rotatable bonds is 10. The molecular formula is C35H50N4O6. The van der Waals surface area contributed by atoms with Crippen LogP contribution in [0.3, 0.4) is 0 Å². The van der Waals surface area contributed by atoms with Crippen molar-refractivity contribution in [2.24, 2.45) is 11.8 Å². The number of amides is 4. The molecule has 4 amide bonds. The minimum atomic E-state index is -1.19. The van der Waals surface area contributed by atoms with E-state index >= 15 is 0 Å². The second-order valence-electron chi connectivity index (χ2n) is 12.9. The zero-order valence-corrected chi connectivity index (χ0v) is 27.7. The zero-order chi connectivity index (χ0) is 33.1. The van der Waals surface area contributed by atoms with E-state index < -0.39 is 29.8 Å². The second kappa shape index (κ2) is 16.8. The Morgan fingerprint density at radius 1 is 0.956 bits per heavy atom. The minimum Gasteiger partial charge on any atom is -0.492 e. The Balaban J connectivity index is 1.81. The average Bonchev–Trinajstić information content (AvgIpc) is 2.99. The Hall–Kier alpha value is -4.08. The van der Waals surface area contributed by atoms with E-state index in [9.17, 15) is 19.2 Å². The summed E-state index contributed by atoms with van der Waals surface area (Å²) >= 11 is 0. The first-order chi connectivity index (χ1) is 21.3. The Morgan fingerprint density at radius 2 is 1.62 bits per heavy atom. The van der Waals surface area contributed by atoms with Crippen molar-refractivity contribution < 1.29 is 28.7 Å². The van der Waals surface area contributed by atoms with Crippen LogP contribution in [0, 0.1) is 11.8 Å². The highest BCUT2D eigenvalue weighted by atomic mass is 16.5. The van der Waals surface area contributed by atoms with Crippen molar-refractivity contribution in [1.82, 2.24) is 20.9 Å². The molecule has 0 radical (unpaired) electrons. The van der Waals surface area contributed by atoms with Crippen LogP contribution in [0.15, 0.2) is 48.5 Å². The van der Waals surface area contributed by atoms with Crippen LogP contribution in [0.1, 0.15) is 82.6 Å². The molecule has 0 bridgehead atoms. The molecule has 246 valence electrons. The molecule has 0 aliphatic carbocycles. The van der Waals surface area contributed by atoms with Crippen LogP contribution < -0.4 is 25.4 Å². The second-order valence-corrected chi connectivity index (χ2v) is 12.9. The van der Waals surface area contributed by atoms with Crippen LogP contribution in [0.4, 0.5) is 0 Å². The molecule has 1 heterocycles. The molecule has 0 aromatic heterocycles. The number of carbonyl (C=O) groups is 4. The summed E-state index contributed by atoms with van der Waals surface area (Å²) in [5.41, 5.74) is 1.43. The number of hydrogen-bond donors (Lipinski definition) is 3. The van der Waals surface area contributed by atoms with Gasteiger partial charge in [0.05, 0.1) is 24.6 Å². The van der Waals surface area contributed by atoms with E-state index in [1.807, 2.05) is 38.1 Å². The zero-order valence-electron chi connectivity index (χ0n) is 27.7. The molecule has 3 N–H and O–H groups in total. The van der Waals surface area contributed by atoms with E-state index in [0.29, 0.717) is 30.3 Å². The average molecular weight is 623 g/mol. The normalized spacial score (nSPS) is 19.8. The van der Waals surface area contributed by atoms with Gasteiger partial charge in [-0.05, 0) is 60.4 Å². The van der Waals surface area contributed by atoms with E-state index in [-0.39, 0.29) is 55.5 Å². The number of nitrogens with one attached hydrogen (secondary N) is 3. The van der Waals surface area contributed by atoms with Gasteiger partial charge in [-0.3, -0.25) is 19.2 Å². The van der Waals surface area contributed by atoms with Gasteiger partial charge in [0.2, 0.25) is 17.7 Å². The van der Waals surface area contributed by atoms with Gasteiger partial charge >= 0.3 is 0 Å². The van der Waals surface area contributed by atoms with Crippen molar-refractivity contribution in [2.75, 3.05) is 26.8 Å². The van der Waals surface area contributed by atoms with Gasteiger partial charge in [0, 0.05) is 7.05 Å². The lowest BCUT2D eigenvalue weighted by Gasteiger charge is -2.33. The molecule has 1 aliphatic heterocycles. The molecule has 0 saturated carbocycles. The molecule has 10 heteroatoms. The molecule has 1 aliphatic rings. The van der Waals surface area contributed by atoms with Gasteiger partial charge in [-0.25, -0.2) is 0 Å². The highest BCUT2D eigenvalue weighted by Crippen LogP contribution is 2.22. The summed E-state index contributed by atoms with van der Waals surface area (Å²) in [4.78, 5) is 55.5. The molecule has 2 aromatic rings. The molecule has 3 rings (SSSR count). The van der Waals surface area contributed by atoms with Crippen molar-refractivity contribution in [2.45, 2.75) is 84.8 Å². The maximum Gasteiger partial charge on any atom is 0.255 e. The molecule has 3 atom stereocenters. The summed E-state index contributed by atoms with van der Waals surface area (Å²) < 4.78 is 11.9.